The molecule has 1 aromatic carbocycles. The Hall–Kier alpha value is -2.58. The van der Waals surface area contributed by atoms with Gasteiger partial charge in [-0.25, -0.2) is 4.79 Å². The van der Waals surface area contributed by atoms with Gasteiger partial charge in [0, 0.05) is 18.7 Å². The van der Waals surface area contributed by atoms with Crippen molar-refractivity contribution < 1.29 is 22.7 Å². The lowest BCUT2D eigenvalue weighted by Gasteiger charge is -2.12. The predicted molar refractivity (Wildman–Crippen MR) is 73.7 cm³/mol. The fraction of sp³-hybridized carbons (Fsp3) is 0.357. The van der Waals surface area contributed by atoms with E-state index in [4.69, 9.17) is 0 Å². The number of hydrogen-bond donors (Lipinski definition) is 0. The van der Waals surface area contributed by atoms with Crippen molar-refractivity contribution in [3.8, 4) is 17.0 Å². The van der Waals surface area contributed by atoms with Gasteiger partial charge in [0.1, 0.15) is 11.4 Å². The SMILES string of the molecule is O=C(N1CCCC1)n1ncc(-c2ccc(OC(F)(F)F)cc2)n1. The van der Waals surface area contributed by atoms with Gasteiger partial charge >= 0.3 is 12.4 Å². The van der Waals surface area contributed by atoms with Crippen LogP contribution in [0.2, 0.25) is 0 Å². The minimum Gasteiger partial charge on any atom is -0.406 e. The molecule has 1 amide bonds. The lowest BCUT2D eigenvalue weighted by Crippen LogP contribution is -2.33. The zero-order valence-electron chi connectivity index (χ0n) is 12.0. The van der Waals surface area contributed by atoms with Crippen LogP contribution < -0.4 is 4.74 Å². The summed E-state index contributed by atoms with van der Waals surface area (Å²) in [5, 5.41) is 8.00. The molecule has 0 aliphatic carbocycles. The normalized spacial score (nSPS) is 15.0. The molecular weight excluding hydrogens is 313 g/mol. The first-order valence-electron chi connectivity index (χ1n) is 7.00. The molecule has 1 fully saturated rings. The van der Waals surface area contributed by atoms with Crippen LogP contribution in [0.5, 0.6) is 5.75 Å². The number of carbonyl (C=O) groups is 1. The zero-order valence-corrected chi connectivity index (χ0v) is 12.0. The van der Waals surface area contributed by atoms with Crippen molar-refractivity contribution in [3.05, 3.63) is 30.5 Å². The molecule has 2 aromatic rings. The van der Waals surface area contributed by atoms with E-state index in [1.165, 1.54) is 30.5 Å². The molecule has 0 radical (unpaired) electrons. The van der Waals surface area contributed by atoms with Gasteiger partial charge in [0.2, 0.25) is 0 Å². The molecular formula is C14H13F3N4O2. The number of hydrogen-bond acceptors (Lipinski definition) is 4. The van der Waals surface area contributed by atoms with Gasteiger partial charge in [-0.3, -0.25) is 0 Å². The van der Waals surface area contributed by atoms with Gasteiger partial charge in [-0.1, -0.05) is 4.80 Å². The first-order valence-corrected chi connectivity index (χ1v) is 7.00. The van der Waals surface area contributed by atoms with E-state index in [0.717, 1.165) is 17.6 Å². The number of halogens is 3. The van der Waals surface area contributed by atoms with Gasteiger partial charge in [0.25, 0.3) is 0 Å². The summed E-state index contributed by atoms with van der Waals surface area (Å²) < 4.78 is 40.1. The lowest BCUT2D eigenvalue weighted by atomic mass is 10.2. The molecule has 0 bridgehead atoms. The van der Waals surface area contributed by atoms with Crippen LogP contribution >= 0.6 is 0 Å². The summed E-state index contributed by atoms with van der Waals surface area (Å²) in [6.45, 7) is 1.36. The first kappa shape index (κ1) is 15.3. The Morgan fingerprint density at radius 1 is 1.13 bits per heavy atom. The first-order chi connectivity index (χ1) is 10.9. The van der Waals surface area contributed by atoms with Crippen molar-refractivity contribution in [2.75, 3.05) is 13.1 Å². The number of amides is 1. The summed E-state index contributed by atoms with van der Waals surface area (Å²) in [7, 11) is 0. The molecule has 1 aliphatic heterocycles. The summed E-state index contributed by atoms with van der Waals surface area (Å²) in [4.78, 5) is 14.8. The summed E-state index contributed by atoms with van der Waals surface area (Å²) in [5.41, 5.74) is 0.941. The molecule has 0 spiro atoms. The minimum atomic E-state index is -4.73. The second kappa shape index (κ2) is 5.90. The number of ether oxygens (including phenoxy) is 1. The lowest BCUT2D eigenvalue weighted by molar-refractivity contribution is -0.274. The molecule has 9 heteroatoms. The molecule has 0 unspecified atom stereocenters. The average molecular weight is 326 g/mol. The predicted octanol–water partition coefficient (Wildman–Crippen LogP) is 2.91. The molecule has 6 nitrogen and oxygen atoms in total. The third-order valence-electron chi connectivity index (χ3n) is 3.42. The van der Waals surface area contributed by atoms with Crippen LogP contribution in [0.4, 0.5) is 18.0 Å². The third-order valence-corrected chi connectivity index (χ3v) is 3.42. The summed E-state index contributed by atoms with van der Waals surface area (Å²) in [5.74, 6) is -0.318. The number of alkyl halides is 3. The number of likely N-dealkylation sites (tertiary alicyclic amines) is 1. The Bertz CT molecular complexity index is 691. The highest BCUT2D eigenvalue weighted by atomic mass is 19.4. The molecule has 1 saturated heterocycles. The van der Waals surface area contributed by atoms with Gasteiger partial charge in [-0.15, -0.1) is 18.3 Å². The quantitative estimate of drug-likeness (QED) is 0.851. The van der Waals surface area contributed by atoms with Crippen LogP contribution in [0.3, 0.4) is 0 Å². The third kappa shape index (κ3) is 3.61. The Balaban J connectivity index is 1.73. The highest BCUT2D eigenvalue weighted by Crippen LogP contribution is 2.25. The molecule has 2 heterocycles. The highest BCUT2D eigenvalue weighted by Gasteiger charge is 2.31. The monoisotopic (exact) mass is 326 g/mol. The van der Waals surface area contributed by atoms with Crippen molar-refractivity contribution in [1.82, 2.24) is 19.9 Å². The van der Waals surface area contributed by atoms with Gasteiger partial charge in [-0.05, 0) is 37.1 Å². The van der Waals surface area contributed by atoms with Crippen LogP contribution in [0.15, 0.2) is 30.5 Å². The van der Waals surface area contributed by atoms with Gasteiger partial charge in [0.05, 0.1) is 6.20 Å². The van der Waals surface area contributed by atoms with E-state index in [9.17, 15) is 18.0 Å². The van der Waals surface area contributed by atoms with E-state index in [2.05, 4.69) is 14.9 Å². The maximum atomic E-state index is 12.1. The number of aromatic nitrogens is 3. The maximum absolute atomic E-state index is 12.1. The van der Waals surface area contributed by atoms with Crippen LogP contribution in [0.1, 0.15) is 12.8 Å². The Morgan fingerprint density at radius 2 is 1.78 bits per heavy atom. The molecule has 122 valence electrons. The van der Waals surface area contributed by atoms with Crippen LogP contribution in [-0.4, -0.2) is 45.4 Å². The summed E-state index contributed by atoms with van der Waals surface area (Å²) >= 11 is 0. The molecule has 0 N–H and O–H groups in total. The smallest absolute Gasteiger partial charge is 0.406 e. The average Bonchev–Trinajstić information content (AvgIpc) is 3.17. The van der Waals surface area contributed by atoms with Crippen LogP contribution in [0.25, 0.3) is 11.3 Å². The van der Waals surface area contributed by atoms with E-state index >= 15 is 0 Å². The highest BCUT2D eigenvalue weighted by molar-refractivity contribution is 5.75. The van der Waals surface area contributed by atoms with Crippen molar-refractivity contribution in [1.29, 1.82) is 0 Å². The number of rotatable bonds is 2. The maximum Gasteiger partial charge on any atom is 0.573 e. The Labute approximate surface area is 129 Å². The van der Waals surface area contributed by atoms with E-state index in [1.807, 2.05) is 0 Å². The van der Waals surface area contributed by atoms with Crippen LogP contribution in [0, 0.1) is 0 Å². The van der Waals surface area contributed by atoms with Gasteiger partial charge in [-0.2, -0.15) is 5.10 Å². The molecule has 0 saturated carbocycles. The Kier molecular flexibility index (Phi) is 3.93. The minimum absolute atomic E-state index is 0.300. The van der Waals surface area contributed by atoms with Crippen molar-refractivity contribution in [2.45, 2.75) is 19.2 Å². The van der Waals surface area contributed by atoms with Crippen molar-refractivity contribution in [3.63, 3.8) is 0 Å². The topological polar surface area (TPSA) is 60.2 Å². The second-order valence-corrected chi connectivity index (χ2v) is 5.07. The van der Waals surface area contributed by atoms with Gasteiger partial charge in [0.15, 0.2) is 0 Å². The zero-order chi connectivity index (χ0) is 16.4. The summed E-state index contributed by atoms with van der Waals surface area (Å²) in [6, 6.07) is 4.92. The number of nitrogens with zero attached hydrogens (tertiary/aromatic N) is 4. The van der Waals surface area contributed by atoms with Gasteiger partial charge < -0.3 is 9.64 Å². The van der Waals surface area contributed by atoms with Crippen molar-refractivity contribution >= 4 is 6.03 Å². The van der Waals surface area contributed by atoms with Crippen molar-refractivity contribution in [2.24, 2.45) is 0 Å². The Morgan fingerprint density at radius 3 is 2.39 bits per heavy atom. The molecule has 3 rings (SSSR count). The van der Waals surface area contributed by atoms with E-state index in [0.29, 0.717) is 24.3 Å². The number of benzene rings is 1. The fourth-order valence-electron chi connectivity index (χ4n) is 2.35. The standard InChI is InChI=1S/C14H13F3N4O2/c15-14(16,17)23-11-5-3-10(4-6-11)12-9-18-21(19-12)13(22)20-7-1-2-8-20/h3-6,9H,1-2,7-8H2. The largest absolute Gasteiger partial charge is 0.573 e. The van der Waals surface area contributed by atoms with Crippen LogP contribution in [-0.2, 0) is 0 Å². The second-order valence-electron chi connectivity index (χ2n) is 5.07. The summed E-state index contributed by atoms with van der Waals surface area (Å²) in [6.07, 6.45) is -1.42. The molecule has 23 heavy (non-hydrogen) atoms. The molecule has 0 atom stereocenters. The van der Waals surface area contributed by atoms with E-state index in [-0.39, 0.29) is 11.8 Å². The molecule has 1 aliphatic rings. The van der Waals surface area contributed by atoms with E-state index in [1.54, 1.807) is 4.90 Å². The van der Waals surface area contributed by atoms with E-state index < -0.39 is 6.36 Å². The molecule has 1 aromatic heterocycles. The fourth-order valence-corrected chi connectivity index (χ4v) is 2.35. The number of carbonyl (C=O) groups excluding carboxylic acids is 1.